The van der Waals surface area contributed by atoms with E-state index in [-0.39, 0.29) is 23.5 Å². The first-order valence-corrected chi connectivity index (χ1v) is 9.88. The van der Waals surface area contributed by atoms with Crippen molar-refractivity contribution in [3.63, 3.8) is 0 Å². The first-order chi connectivity index (χ1) is 11.0. The molecule has 0 unspecified atom stereocenters. The third-order valence-electron chi connectivity index (χ3n) is 4.26. The molecule has 0 spiro atoms. The SMILES string of the molecule is CN(C(=O)CCCOCc1ccccc1)C1CCS(=O)(=O)CC1. The van der Waals surface area contributed by atoms with Crippen LogP contribution in [0.2, 0.25) is 0 Å². The summed E-state index contributed by atoms with van der Waals surface area (Å²) >= 11 is 0. The molecule has 128 valence electrons. The standard InChI is InChI=1S/C17H25NO4S/c1-18(16-9-12-23(20,21)13-10-16)17(19)8-5-11-22-14-15-6-3-2-4-7-15/h2-4,6-7,16H,5,8-14H2,1H3. The van der Waals surface area contributed by atoms with Gasteiger partial charge in [-0.2, -0.15) is 0 Å². The zero-order chi connectivity index (χ0) is 16.7. The molecule has 0 radical (unpaired) electrons. The Labute approximate surface area is 138 Å². The third-order valence-corrected chi connectivity index (χ3v) is 5.97. The first-order valence-electron chi connectivity index (χ1n) is 8.06. The Bertz CT molecular complexity index is 586. The highest BCUT2D eigenvalue weighted by molar-refractivity contribution is 7.91. The van der Waals surface area contributed by atoms with Crippen LogP contribution in [0.1, 0.15) is 31.2 Å². The zero-order valence-electron chi connectivity index (χ0n) is 13.6. The lowest BCUT2D eigenvalue weighted by molar-refractivity contribution is -0.132. The van der Waals surface area contributed by atoms with Crippen molar-refractivity contribution in [1.29, 1.82) is 0 Å². The van der Waals surface area contributed by atoms with Crippen LogP contribution in [-0.4, -0.2) is 50.4 Å². The van der Waals surface area contributed by atoms with Gasteiger partial charge in [-0.05, 0) is 24.8 Å². The number of hydrogen-bond acceptors (Lipinski definition) is 4. The molecule has 23 heavy (non-hydrogen) atoms. The number of carbonyl (C=O) groups is 1. The highest BCUT2D eigenvalue weighted by Gasteiger charge is 2.28. The van der Waals surface area contributed by atoms with Gasteiger partial charge in [0.1, 0.15) is 9.84 Å². The summed E-state index contributed by atoms with van der Waals surface area (Å²) in [7, 11) is -1.11. The second-order valence-corrected chi connectivity index (χ2v) is 8.33. The normalized spacial score (nSPS) is 17.8. The molecule has 2 rings (SSSR count). The summed E-state index contributed by atoms with van der Waals surface area (Å²) in [6.07, 6.45) is 2.22. The van der Waals surface area contributed by atoms with E-state index in [1.54, 1.807) is 11.9 Å². The molecular weight excluding hydrogens is 314 g/mol. The van der Waals surface area contributed by atoms with Gasteiger partial charge in [0.15, 0.2) is 0 Å². The molecule has 0 atom stereocenters. The van der Waals surface area contributed by atoms with Crippen LogP contribution in [0.3, 0.4) is 0 Å². The zero-order valence-corrected chi connectivity index (χ0v) is 14.4. The molecule has 0 saturated carbocycles. The molecule has 1 heterocycles. The Morgan fingerprint density at radius 3 is 2.52 bits per heavy atom. The molecule has 1 aliphatic heterocycles. The Balaban J connectivity index is 1.62. The summed E-state index contributed by atoms with van der Waals surface area (Å²) in [4.78, 5) is 13.9. The summed E-state index contributed by atoms with van der Waals surface area (Å²) in [6.45, 7) is 1.11. The average molecular weight is 339 g/mol. The van der Waals surface area contributed by atoms with Crippen molar-refractivity contribution in [2.24, 2.45) is 0 Å². The molecule has 0 aliphatic carbocycles. The summed E-state index contributed by atoms with van der Waals surface area (Å²) in [5, 5.41) is 0. The van der Waals surface area contributed by atoms with Crippen molar-refractivity contribution < 1.29 is 17.9 Å². The van der Waals surface area contributed by atoms with Crippen LogP contribution in [0.15, 0.2) is 30.3 Å². The van der Waals surface area contributed by atoms with Crippen LogP contribution >= 0.6 is 0 Å². The van der Waals surface area contributed by atoms with E-state index in [4.69, 9.17) is 4.74 Å². The Morgan fingerprint density at radius 1 is 1.22 bits per heavy atom. The van der Waals surface area contributed by atoms with Crippen molar-refractivity contribution in [3.05, 3.63) is 35.9 Å². The molecule has 1 fully saturated rings. The number of benzene rings is 1. The number of rotatable bonds is 7. The summed E-state index contributed by atoms with van der Waals surface area (Å²) in [5.74, 6) is 0.447. The van der Waals surface area contributed by atoms with E-state index in [1.807, 2.05) is 30.3 Å². The summed E-state index contributed by atoms with van der Waals surface area (Å²) in [6, 6.07) is 9.99. The highest BCUT2D eigenvalue weighted by atomic mass is 32.2. The predicted molar refractivity (Wildman–Crippen MR) is 89.8 cm³/mol. The number of nitrogens with zero attached hydrogens (tertiary/aromatic N) is 1. The maximum atomic E-state index is 12.2. The van der Waals surface area contributed by atoms with Crippen LogP contribution in [0.4, 0.5) is 0 Å². The monoisotopic (exact) mass is 339 g/mol. The minimum absolute atomic E-state index is 0.0521. The summed E-state index contributed by atoms with van der Waals surface area (Å²) in [5.41, 5.74) is 1.12. The predicted octanol–water partition coefficient (Wildman–Crippen LogP) is 2.02. The molecule has 0 bridgehead atoms. The van der Waals surface area contributed by atoms with E-state index >= 15 is 0 Å². The lowest BCUT2D eigenvalue weighted by Gasteiger charge is -2.31. The van der Waals surface area contributed by atoms with Gasteiger partial charge < -0.3 is 9.64 Å². The third kappa shape index (κ3) is 5.95. The van der Waals surface area contributed by atoms with Gasteiger partial charge in [-0.1, -0.05) is 30.3 Å². The van der Waals surface area contributed by atoms with E-state index < -0.39 is 9.84 Å². The molecule has 6 heteroatoms. The minimum Gasteiger partial charge on any atom is -0.377 e. The molecule has 1 amide bonds. The van der Waals surface area contributed by atoms with Gasteiger partial charge in [0.2, 0.25) is 5.91 Å². The smallest absolute Gasteiger partial charge is 0.222 e. The van der Waals surface area contributed by atoms with Crippen molar-refractivity contribution in [3.8, 4) is 0 Å². The van der Waals surface area contributed by atoms with Gasteiger partial charge in [0.25, 0.3) is 0 Å². The van der Waals surface area contributed by atoms with E-state index in [2.05, 4.69) is 0 Å². The van der Waals surface area contributed by atoms with Crippen molar-refractivity contribution in [2.45, 2.75) is 38.3 Å². The van der Waals surface area contributed by atoms with Gasteiger partial charge in [0.05, 0.1) is 18.1 Å². The maximum Gasteiger partial charge on any atom is 0.222 e. The van der Waals surface area contributed by atoms with E-state index in [9.17, 15) is 13.2 Å². The van der Waals surface area contributed by atoms with Gasteiger partial charge in [-0.15, -0.1) is 0 Å². The van der Waals surface area contributed by atoms with Crippen LogP contribution < -0.4 is 0 Å². The van der Waals surface area contributed by atoms with Gasteiger partial charge in [-0.25, -0.2) is 8.42 Å². The van der Waals surface area contributed by atoms with Crippen molar-refractivity contribution in [2.75, 3.05) is 25.2 Å². The minimum atomic E-state index is -2.88. The molecule has 5 nitrogen and oxygen atoms in total. The largest absolute Gasteiger partial charge is 0.377 e. The average Bonchev–Trinajstić information content (AvgIpc) is 2.54. The molecule has 0 aromatic heterocycles. The molecule has 1 aromatic rings. The fourth-order valence-electron chi connectivity index (χ4n) is 2.73. The van der Waals surface area contributed by atoms with E-state index in [1.165, 1.54) is 0 Å². The number of hydrogen-bond donors (Lipinski definition) is 0. The quantitative estimate of drug-likeness (QED) is 0.713. The van der Waals surface area contributed by atoms with E-state index in [0.29, 0.717) is 38.9 Å². The topological polar surface area (TPSA) is 63.7 Å². The number of amides is 1. The highest BCUT2D eigenvalue weighted by Crippen LogP contribution is 2.18. The number of ether oxygens (including phenoxy) is 1. The fourth-order valence-corrected chi connectivity index (χ4v) is 4.20. The number of carbonyl (C=O) groups excluding carboxylic acids is 1. The molecule has 1 aliphatic rings. The molecular formula is C17H25NO4S. The Morgan fingerprint density at radius 2 is 1.87 bits per heavy atom. The lowest BCUT2D eigenvalue weighted by Crippen LogP contribution is -2.42. The van der Waals surface area contributed by atoms with Crippen LogP contribution in [0, 0.1) is 0 Å². The second-order valence-electron chi connectivity index (χ2n) is 6.03. The fraction of sp³-hybridized carbons (Fsp3) is 0.588. The Hall–Kier alpha value is -1.40. The van der Waals surface area contributed by atoms with Crippen molar-refractivity contribution >= 4 is 15.7 Å². The molecule has 1 aromatic carbocycles. The molecule has 0 N–H and O–H groups in total. The van der Waals surface area contributed by atoms with Gasteiger partial charge in [-0.3, -0.25) is 4.79 Å². The van der Waals surface area contributed by atoms with Gasteiger partial charge >= 0.3 is 0 Å². The number of sulfone groups is 1. The molecule has 1 saturated heterocycles. The maximum absolute atomic E-state index is 12.2. The lowest BCUT2D eigenvalue weighted by atomic mass is 10.1. The van der Waals surface area contributed by atoms with Crippen LogP contribution in [0.5, 0.6) is 0 Å². The summed E-state index contributed by atoms with van der Waals surface area (Å²) < 4.78 is 28.4. The van der Waals surface area contributed by atoms with Crippen molar-refractivity contribution in [1.82, 2.24) is 4.90 Å². The van der Waals surface area contributed by atoms with Gasteiger partial charge in [0, 0.05) is 26.1 Å². The Kier molecular flexibility index (Phi) is 6.59. The van der Waals surface area contributed by atoms with Crippen LogP contribution in [0.25, 0.3) is 0 Å². The van der Waals surface area contributed by atoms with Crippen LogP contribution in [-0.2, 0) is 26.0 Å². The first kappa shape index (κ1) is 17.9. The second kappa shape index (κ2) is 8.45. The van der Waals surface area contributed by atoms with E-state index in [0.717, 1.165) is 5.56 Å².